The summed E-state index contributed by atoms with van der Waals surface area (Å²) in [5.74, 6) is 0. The van der Waals surface area contributed by atoms with Gasteiger partial charge in [-0.3, -0.25) is 0 Å². The summed E-state index contributed by atoms with van der Waals surface area (Å²) in [4.78, 5) is 2.43. The highest BCUT2D eigenvalue weighted by Gasteiger charge is 2.21. The van der Waals surface area contributed by atoms with Crippen molar-refractivity contribution in [1.82, 2.24) is 4.57 Å². The average molecular weight is 689 g/mol. The topological polar surface area (TPSA) is 8.17 Å². The van der Waals surface area contributed by atoms with Gasteiger partial charge < -0.3 is 9.47 Å². The third-order valence-corrected chi connectivity index (χ3v) is 10.6. The molecule has 0 radical (unpaired) electrons. The molecule has 0 aliphatic rings. The Morgan fingerprint density at radius 3 is 1.67 bits per heavy atom. The van der Waals surface area contributed by atoms with Crippen molar-refractivity contribution in [3.05, 3.63) is 218 Å². The molecular formula is C52H36N2. The lowest BCUT2D eigenvalue weighted by molar-refractivity contribution is 1.18. The molecule has 10 aromatic rings. The molecule has 0 atom stereocenters. The number of aromatic nitrogens is 1. The molecule has 2 heteroatoms. The highest BCUT2D eigenvalue weighted by atomic mass is 15.1. The minimum atomic E-state index is 1.10. The average Bonchev–Trinajstić information content (AvgIpc) is 3.59. The fraction of sp³-hybridized carbons (Fsp3) is 0. The molecule has 0 aliphatic carbocycles. The summed E-state index contributed by atoms with van der Waals surface area (Å²) < 4.78 is 2.41. The van der Waals surface area contributed by atoms with Crippen molar-refractivity contribution in [3.63, 3.8) is 0 Å². The smallest absolute Gasteiger partial charge is 0.0547 e. The molecule has 0 fully saturated rings. The normalized spacial score (nSPS) is 11.3. The van der Waals surface area contributed by atoms with Crippen molar-refractivity contribution >= 4 is 49.6 Å². The molecule has 10 rings (SSSR count). The number of hydrogen-bond donors (Lipinski definition) is 0. The second-order valence-corrected chi connectivity index (χ2v) is 13.8. The lowest BCUT2D eigenvalue weighted by Crippen LogP contribution is -2.11. The van der Waals surface area contributed by atoms with Crippen LogP contribution in [0.25, 0.3) is 71.6 Å². The van der Waals surface area contributed by atoms with Gasteiger partial charge in [-0.25, -0.2) is 0 Å². The standard InChI is InChI=1S/C52H36N2/c1-4-15-37(16-5-1)39-27-29-41(30-28-39)47-24-14-26-51-52(47)48-36-45(33-34-50(48)54(51)43-21-8-3-9-22-43)53(44-32-31-38-17-10-11-20-42(38)35-44)49-25-13-12-23-46(49)40-18-6-2-7-19-40/h1-36H. The first-order valence-electron chi connectivity index (χ1n) is 18.5. The number of anilines is 3. The fourth-order valence-electron chi connectivity index (χ4n) is 8.04. The van der Waals surface area contributed by atoms with Crippen LogP contribution in [0.4, 0.5) is 17.1 Å². The van der Waals surface area contributed by atoms with Crippen LogP contribution < -0.4 is 4.90 Å². The van der Waals surface area contributed by atoms with E-state index in [1.807, 2.05) is 0 Å². The number of benzene rings is 9. The Labute approximate surface area is 315 Å². The van der Waals surface area contributed by atoms with Crippen molar-refractivity contribution < 1.29 is 0 Å². The summed E-state index contributed by atoms with van der Waals surface area (Å²) in [6.45, 7) is 0. The number of nitrogens with zero attached hydrogens (tertiary/aromatic N) is 2. The molecule has 0 saturated heterocycles. The van der Waals surface area contributed by atoms with Gasteiger partial charge in [0.1, 0.15) is 0 Å². The summed E-state index contributed by atoms with van der Waals surface area (Å²) in [6.07, 6.45) is 0. The van der Waals surface area contributed by atoms with Crippen molar-refractivity contribution in [3.8, 4) is 39.1 Å². The number of rotatable bonds is 7. The maximum Gasteiger partial charge on any atom is 0.0547 e. The molecule has 0 spiro atoms. The van der Waals surface area contributed by atoms with Crippen molar-refractivity contribution in [2.45, 2.75) is 0 Å². The number of para-hydroxylation sites is 2. The summed E-state index contributed by atoms with van der Waals surface area (Å²) in [6, 6.07) is 78.9. The maximum atomic E-state index is 2.43. The van der Waals surface area contributed by atoms with Crippen LogP contribution >= 0.6 is 0 Å². The highest BCUT2D eigenvalue weighted by Crippen LogP contribution is 2.45. The summed E-state index contributed by atoms with van der Waals surface area (Å²) >= 11 is 0. The zero-order chi connectivity index (χ0) is 35.8. The largest absolute Gasteiger partial charge is 0.310 e. The Morgan fingerprint density at radius 1 is 0.333 bits per heavy atom. The Kier molecular flexibility index (Phi) is 7.85. The van der Waals surface area contributed by atoms with Gasteiger partial charge in [0.15, 0.2) is 0 Å². The van der Waals surface area contributed by atoms with Gasteiger partial charge in [0.05, 0.1) is 16.7 Å². The molecule has 9 aromatic carbocycles. The van der Waals surface area contributed by atoms with E-state index in [9.17, 15) is 0 Å². The number of fused-ring (bicyclic) bond motifs is 4. The third-order valence-electron chi connectivity index (χ3n) is 10.6. The molecule has 0 amide bonds. The zero-order valence-electron chi connectivity index (χ0n) is 29.7. The Hall–Kier alpha value is -7.16. The molecule has 2 nitrogen and oxygen atoms in total. The predicted octanol–water partition coefficient (Wildman–Crippen LogP) is 14.4. The lowest BCUT2D eigenvalue weighted by atomic mass is 9.96. The molecule has 0 bridgehead atoms. The van der Waals surface area contributed by atoms with E-state index >= 15 is 0 Å². The van der Waals surface area contributed by atoms with Crippen molar-refractivity contribution in [2.75, 3.05) is 4.90 Å². The molecule has 254 valence electrons. The van der Waals surface area contributed by atoms with Crippen LogP contribution in [0.5, 0.6) is 0 Å². The molecule has 0 N–H and O–H groups in total. The minimum Gasteiger partial charge on any atom is -0.310 e. The van der Waals surface area contributed by atoms with Gasteiger partial charge in [0, 0.05) is 33.4 Å². The SMILES string of the molecule is c1ccc(-c2ccc(-c3cccc4c3c3cc(N(c5ccc6ccccc6c5)c5ccccc5-c5ccccc5)ccc3n4-c3ccccc3)cc2)cc1. The summed E-state index contributed by atoms with van der Waals surface area (Å²) in [5.41, 5.74) is 14.0. The van der Waals surface area contributed by atoms with Gasteiger partial charge in [0.25, 0.3) is 0 Å². The predicted molar refractivity (Wildman–Crippen MR) is 229 cm³/mol. The molecule has 54 heavy (non-hydrogen) atoms. The Morgan fingerprint density at radius 2 is 0.889 bits per heavy atom. The Bertz CT molecular complexity index is 2910. The first kappa shape index (κ1) is 31.6. The minimum absolute atomic E-state index is 1.10. The van der Waals surface area contributed by atoms with E-state index in [0.29, 0.717) is 0 Å². The van der Waals surface area contributed by atoms with Gasteiger partial charge in [-0.2, -0.15) is 0 Å². The van der Waals surface area contributed by atoms with E-state index in [1.165, 1.54) is 66.0 Å². The third kappa shape index (κ3) is 5.53. The van der Waals surface area contributed by atoms with Crippen LogP contribution in [0.2, 0.25) is 0 Å². The van der Waals surface area contributed by atoms with Crippen molar-refractivity contribution in [1.29, 1.82) is 0 Å². The first-order chi connectivity index (χ1) is 26.8. The quantitative estimate of drug-likeness (QED) is 0.162. The van der Waals surface area contributed by atoms with E-state index in [0.717, 1.165) is 22.7 Å². The summed E-state index contributed by atoms with van der Waals surface area (Å²) in [5, 5.41) is 4.87. The second-order valence-electron chi connectivity index (χ2n) is 13.8. The van der Waals surface area contributed by atoms with E-state index in [1.54, 1.807) is 0 Å². The van der Waals surface area contributed by atoms with Crippen LogP contribution in [0.15, 0.2) is 218 Å². The van der Waals surface area contributed by atoms with E-state index in [-0.39, 0.29) is 0 Å². The van der Waals surface area contributed by atoms with Gasteiger partial charge in [-0.1, -0.05) is 164 Å². The van der Waals surface area contributed by atoms with Gasteiger partial charge in [0.2, 0.25) is 0 Å². The molecule has 0 aliphatic heterocycles. The van der Waals surface area contributed by atoms with Gasteiger partial charge >= 0.3 is 0 Å². The van der Waals surface area contributed by atoms with E-state index < -0.39 is 0 Å². The van der Waals surface area contributed by atoms with Crippen LogP contribution in [-0.2, 0) is 0 Å². The van der Waals surface area contributed by atoms with Crippen LogP contribution in [0.3, 0.4) is 0 Å². The lowest BCUT2D eigenvalue weighted by Gasteiger charge is -2.28. The molecule has 0 saturated carbocycles. The van der Waals surface area contributed by atoms with E-state index in [2.05, 4.69) is 228 Å². The second kappa shape index (κ2) is 13.4. The van der Waals surface area contributed by atoms with Crippen molar-refractivity contribution in [2.24, 2.45) is 0 Å². The zero-order valence-corrected chi connectivity index (χ0v) is 29.7. The monoisotopic (exact) mass is 688 g/mol. The van der Waals surface area contributed by atoms with Crippen LogP contribution in [0.1, 0.15) is 0 Å². The first-order valence-corrected chi connectivity index (χ1v) is 18.5. The van der Waals surface area contributed by atoms with Crippen LogP contribution in [-0.4, -0.2) is 4.57 Å². The maximum absolute atomic E-state index is 2.43. The number of hydrogen-bond acceptors (Lipinski definition) is 1. The molecular weight excluding hydrogens is 653 g/mol. The molecule has 0 unspecified atom stereocenters. The van der Waals surface area contributed by atoms with Gasteiger partial charge in [-0.15, -0.1) is 0 Å². The Balaban J connectivity index is 1.23. The molecule has 1 heterocycles. The highest BCUT2D eigenvalue weighted by molar-refractivity contribution is 6.17. The van der Waals surface area contributed by atoms with E-state index in [4.69, 9.17) is 0 Å². The summed E-state index contributed by atoms with van der Waals surface area (Å²) in [7, 11) is 0. The fourth-order valence-corrected chi connectivity index (χ4v) is 8.04. The molecule has 1 aromatic heterocycles. The van der Waals surface area contributed by atoms with Crippen LogP contribution in [0, 0.1) is 0 Å². The van der Waals surface area contributed by atoms with Gasteiger partial charge in [-0.05, 0) is 93.2 Å².